The van der Waals surface area contributed by atoms with Gasteiger partial charge in [-0.3, -0.25) is 0 Å². The lowest BCUT2D eigenvalue weighted by Crippen LogP contribution is -2.41. The maximum absolute atomic E-state index is 12.8. The Balaban J connectivity index is 2.26. The van der Waals surface area contributed by atoms with Crippen LogP contribution in [0.15, 0.2) is 12.1 Å². The van der Waals surface area contributed by atoms with Crippen molar-refractivity contribution in [2.75, 3.05) is 37.1 Å². The Labute approximate surface area is 143 Å². The number of ether oxygens (including phenoxy) is 1. The summed E-state index contributed by atoms with van der Waals surface area (Å²) < 4.78 is 67.2. The first kappa shape index (κ1) is 19.5. The van der Waals surface area contributed by atoms with Gasteiger partial charge in [-0.25, -0.2) is 13.4 Å². The van der Waals surface area contributed by atoms with Gasteiger partial charge in [0.2, 0.25) is 0 Å². The molecule has 138 valence electrons. The number of pyridine rings is 1. The Bertz CT molecular complexity index is 766. The van der Waals surface area contributed by atoms with E-state index in [-0.39, 0.29) is 23.7 Å². The fourth-order valence-corrected chi connectivity index (χ4v) is 4.35. The molecule has 0 saturated carbocycles. The van der Waals surface area contributed by atoms with Crippen LogP contribution in [0.4, 0.5) is 19.0 Å². The predicted molar refractivity (Wildman–Crippen MR) is 84.6 cm³/mol. The van der Waals surface area contributed by atoms with Crippen LogP contribution < -0.4 is 5.32 Å². The van der Waals surface area contributed by atoms with E-state index in [4.69, 9.17) is 10.00 Å². The highest BCUT2D eigenvalue weighted by Crippen LogP contribution is 2.34. The van der Waals surface area contributed by atoms with Crippen LogP contribution >= 0.6 is 0 Å². The number of aromatic nitrogens is 1. The Morgan fingerprint density at radius 1 is 1.36 bits per heavy atom. The van der Waals surface area contributed by atoms with Gasteiger partial charge in [-0.2, -0.15) is 18.4 Å². The fourth-order valence-electron chi connectivity index (χ4n) is 2.85. The first-order chi connectivity index (χ1) is 11.5. The van der Waals surface area contributed by atoms with Crippen LogP contribution in [0.5, 0.6) is 0 Å². The zero-order chi connectivity index (χ0) is 18.7. The molecule has 0 bridgehead atoms. The summed E-state index contributed by atoms with van der Waals surface area (Å²) in [4.78, 5) is 3.49. The van der Waals surface area contributed by atoms with Crippen molar-refractivity contribution < 1.29 is 26.3 Å². The molecule has 10 heteroatoms. The SMILES string of the molecule is CS(=O)(=O)CC1(CNc2nc(C(F)(F)F)ccc2C#N)CCOCC1. The maximum atomic E-state index is 12.8. The normalized spacial score (nSPS) is 17.7. The van der Waals surface area contributed by atoms with Crippen molar-refractivity contribution in [1.29, 1.82) is 5.26 Å². The molecule has 1 aromatic heterocycles. The molecule has 0 unspecified atom stereocenters. The third-order valence-electron chi connectivity index (χ3n) is 4.06. The van der Waals surface area contributed by atoms with E-state index in [1.54, 1.807) is 6.07 Å². The van der Waals surface area contributed by atoms with E-state index in [0.29, 0.717) is 26.1 Å². The second-order valence-corrected chi connectivity index (χ2v) is 8.38. The van der Waals surface area contributed by atoms with Crippen molar-refractivity contribution in [3.8, 4) is 6.07 Å². The van der Waals surface area contributed by atoms with Gasteiger partial charge in [-0.1, -0.05) is 0 Å². The van der Waals surface area contributed by atoms with Gasteiger partial charge in [-0.15, -0.1) is 0 Å². The average molecular weight is 377 g/mol. The zero-order valence-electron chi connectivity index (χ0n) is 13.6. The minimum Gasteiger partial charge on any atom is -0.381 e. The highest BCUT2D eigenvalue weighted by atomic mass is 32.2. The lowest BCUT2D eigenvalue weighted by atomic mass is 9.82. The summed E-state index contributed by atoms with van der Waals surface area (Å²) in [5.41, 5.74) is -1.82. The van der Waals surface area contributed by atoms with Crippen molar-refractivity contribution in [3.05, 3.63) is 23.4 Å². The van der Waals surface area contributed by atoms with Crippen LogP contribution in [0.3, 0.4) is 0 Å². The molecule has 0 aliphatic carbocycles. The van der Waals surface area contributed by atoms with E-state index in [9.17, 15) is 21.6 Å². The maximum Gasteiger partial charge on any atom is 0.433 e. The third kappa shape index (κ3) is 5.31. The number of alkyl halides is 3. The Morgan fingerprint density at radius 3 is 2.52 bits per heavy atom. The number of nitrogens with one attached hydrogen (secondary N) is 1. The fraction of sp³-hybridized carbons (Fsp3) is 0.600. The van der Waals surface area contributed by atoms with Gasteiger partial charge in [0.25, 0.3) is 0 Å². The van der Waals surface area contributed by atoms with Gasteiger partial charge >= 0.3 is 6.18 Å². The molecule has 1 aliphatic heterocycles. The summed E-state index contributed by atoms with van der Waals surface area (Å²) in [7, 11) is -3.29. The topological polar surface area (TPSA) is 92.1 Å². The van der Waals surface area contributed by atoms with Gasteiger partial charge in [0.05, 0.1) is 11.3 Å². The van der Waals surface area contributed by atoms with Gasteiger partial charge in [0.1, 0.15) is 27.4 Å². The van der Waals surface area contributed by atoms with E-state index >= 15 is 0 Å². The second-order valence-electron chi connectivity index (χ2n) is 6.24. The highest BCUT2D eigenvalue weighted by Gasteiger charge is 2.37. The molecule has 1 fully saturated rings. The van der Waals surface area contributed by atoms with Crippen LogP contribution in [0, 0.1) is 16.7 Å². The number of hydrogen-bond donors (Lipinski definition) is 1. The zero-order valence-corrected chi connectivity index (χ0v) is 14.4. The van der Waals surface area contributed by atoms with E-state index in [1.807, 2.05) is 0 Å². The Hall–Kier alpha value is -1.86. The number of hydrogen-bond acceptors (Lipinski definition) is 6. The third-order valence-corrected chi connectivity index (χ3v) is 5.20. The molecule has 1 saturated heterocycles. The standard InChI is InChI=1S/C15H18F3N3O3S/c1-25(22,23)10-14(4-6-24-7-5-14)9-20-13-11(8-19)2-3-12(21-13)15(16,17)18/h2-3H,4-7,9-10H2,1H3,(H,20,21). The van der Waals surface area contributed by atoms with Crippen molar-refractivity contribution in [3.63, 3.8) is 0 Å². The number of nitrogens with zero attached hydrogens (tertiary/aromatic N) is 2. The van der Waals surface area contributed by atoms with E-state index in [2.05, 4.69) is 10.3 Å². The van der Waals surface area contributed by atoms with Crippen molar-refractivity contribution in [2.24, 2.45) is 5.41 Å². The highest BCUT2D eigenvalue weighted by molar-refractivity contribution is 7.90. The molecule has 2 rings (SSSR count). The van der Waals surface area contributed by atoms with Crippen LogP contribution in [0.25, 0.3) is 0 Å². The Morgan fingerprint density at radius 2 is 2.00 bits per heavy atom. The second kappa shape index (κ2) is 7.17. The molecule has 1 N–H and O–H groups in total. The summed E-state index contributed by atoms with van der Waals surface area (Å²) in [5.74, 6) is -0.311. The van der Waals surface area contributed by atoms with Gasteiger partial charge < -0.3 is 10.1 Å². The number of sulfone groups is 1. The molecule has 0 spiro atoms. The minimum absolute atomic E-state index is 0.0328. The van der Waals surface area contributed by atoms with Gasteiger partial charge in [0.15, 0.2) is 0 Å². The molecule has 0 aromatic carbocycles. The molecule has 1 aliphatic rings. The van der Waals surface area contributed by atoms with Crippen molar-refractivity contribution in [2.45, 2.75) is 19.0 Å². The first-order valence-electron chi connectivity index (χ1n) is 7.52. The van der Waals surface area contributed by atoms with Crippen LogP contribution in [-0.4, -0.2) is 45.2 Å². The summed E-state index contributed by atoms with van der Waals surface area (Å²) in [6.45, 7) is 0.836. The number of anilines is 1. The number of halogens is 3. The molecule has 0 atom stereocenters. The molecule has 0 amide bonds. The molecule has 25 heavy (non-hydrogen) atoms. The minimum atomic E-state index is -4.63. The number of nitriles is 1. The largest absolute Gasteiger partial charge is 0.433 e. The monoisotopic (exact) mass is 377 g/mol. The molecule has 0 radical (unpaired) electrons. The van der Waals surface area contributed by atoms with E-state index in [1.165, 1.54) is 0 Å². The quantitative estimate of drug-likeness (QED) is 0.846. The lowest BCUT2D eigenvalue weighted by Gasteiger charge is -2.36. The van der Waals surface area contributed by atoms with Gasteiger partial charge in [0, 0.05) is 31.4 Å². The number of rotatable bonds is 5. The summed E-state index contributed by atoms with van der Waals surface area (Å²) in [5, 5.41) is 11.8. The van der Waals surface area contributed by atoms with Crippen LogP contribution in [-0.2, 0) is 20.8 Å². The molecular weight excluding hydrogens is 359 g/mol. The molecular formula is C15H18F3N3O3S. The van der Waals surface area contributed by atoms with Crippen LogP contribution in [0.2, 0.25) is 0 Å². The van der Waals surface area contributed by atoms with E-state index in [0.717, 1.165) is 18.4 Å². The van der Waals surface area contributed by atoms with Gasteiger partial charge in [-0.05, 0) is 25.0 Å². The average Bonchev–Trinajstić information content (AvgIpc) is 2.51. The molecule has 6 nitrogen and oxygen atoms in total. The van der Waals surface area contributed by atoms with Crippen molar-refractivity contribution in [1.82, 2.24) is 4.98 Å². The smallest absolute Gasteiger partial charge is 0.381 e. The molecule has 1 aromatic rings. The van der Waals surface area contributed by atoms with Crippen molar-refractivity contribution >= 4 is 15.7 Å². The van der Waals surface area contributed by atoms with E-state index < -0.39 is 27.1 Å². The molecule has 2 heterocycles. The summed E-state index contributed by atoms with van der Waals surface area (Å²) in [6.07, 6.45) is -2.61. The Kier molecular flexibility index (Phi) is 5.58. The first-order valence-corrected chi connectivity index (χ1v) is 9.58. The summed E-state index contributed by atoms with van der Waals surface area (Å²) in [6, 6.07) is 3.57. The summed E-state index contributed by atoms with van der Waals surface area (Å²) >= 11 is 0. The van der Waals surface area contributed by atoms with Crippen LogP contribution in [0.1, 0.15) is 24.1 Å². The lowest BCUT2D eigenvalue weighted by molar-refractivity contribution is -0.141. The predicted octanol–water partition coefficient (Wildman–Crippen LogP) is 2.23.